The zero-order valence-corrected chi connectivity index (χ0v) is 18.5. The smallest absolute Gasteiger partial charge is 0.411 e. The van der Waals surface area contributed by atoms with Gasteiger partial charge in [-0.15, -0.1) is 0 Å². The van der Waals surface area contributed by atoms with Gasteiger partial charge in [0.15, 0.2) is 0 Å². The summed E-state index contributed by atoms with van der Waals surface area (Å²) in [6.07, 6.45) is 6.66. The number of hydrogen-bond acceptors (Lipinski definition) is 7. The van der Waals surface area contributed by atoms with Crippen LogP contribution in [0, 0.1) is 12.8 Å². The number of aromatic nitrogens is 4. The van der Waals surface area contributed by atoms with E-state index in [4.69, 9.17) is 4.52 Å². The Kier molecular flexibility index (Phi) is 6.34. The second kappa shape index (κ2) is 9.51. The summed E-state index contributed by atoms with van der Waals surface area (Å²) in [6.45, 7) is 4.16. The van der Waals surface area contributed by atoms with Crippen LogP contribution in [0.4, 0.5) is 16.2 Å². The van der Waals surface area contributed by atoms with Gasteiger partial charge in [0.2, 0.25) is 12.2 Å². The zero-order valence-electron chi connectivity index (χ0n) is 18.5. The summed E-state index contributed by atoms with van der Waals surface area (Å²) in [5, 5.41) is 9.25. The number of anilines is 2. The molecule has 3 heterocycles. The van der Waals surface area contributed by atoms with Gasteiger partial charge in [0, 0.05) is 17.4 Å². The van der Waals surface area contributed by atoms with E-state index < -0.39 is 6.09 Å². The highest BCUT2D eigenvalue weighted by atomic mass is 16.5. The quantitative estimate of drug-likeness (QED) is 0.470. The highest BCUT2D eigenvalue weighted by Crippen LogP contribution is 2.26. The molecule has 5 rings (SSSR count). The Morgan fingerprint density at radius 1 is 1.15 bits per heavy atom. The third-order valence-electron chi connectivity index (χ3n) is 5.14. The molecule has 1 aromatic carbocycles. The number of nitrogens with one attached hydrogen (secondary N) is 2. The van der Waals surface area contributed by atoms with Crippen molar-refractivity contribution in [2.24, 2.45) is 5.92 Å². The molecule has 2 N–H and O–H groups in total. The molecule has 33 heavy (non-hydrogen) atoms. The molecule has 0 saturated heterocycles. The number of carbonyl (C=O) groups excluding carboxylic acids is 2. The lowest BCUT2D eigenvalue weighted by Crippen LogP contribution is -2.16. The number of aryl methyl sites for hydroxylation is 1. The van der Waals surface area contributed by atoms with Gasteiger partial charge in [-0.05, 0) is 36.6 Å². The highest BCUT2D eigenvalue weighted by Gasteiger charge is 2.15. The van der Waals surface area contributed by atoms with Crippen LogP contribution >= 0.6 is 0 Å². The fourth-order valence-electron chi connectivity index (χ4n) is 2.94. The van der Waals surface area contributed by atoms with Gasteiger partial charge in [0.1, 0.15) is 11.3 Å². The van der Waals surface area contributed by atoms with E-state index in [0.29, 0.717) is 34.1 Å². The first-order valence-corrected chi connectivity index (χ1v) is 10.5. The van der Waals surface area contributed by atoms with E-state index in [1.54, 1.807) is 28.8 Å². The zero-order chi connectivity index (χ0) is 23.4. The van der Waals surface area contributed by atoms with E-state index in [1.165, 1.54) is 32.5 Å². The molecule has 170 valence electrons. The molecule has 0 atom stereocenters. The topological polar surface area (TPSA) is 124 Å². The first kappa shape index (κ1) is 22.0. The first-order chi connectivity index (χ1) is 15.9. The normalized spacial score (nSPS) is 12.6. The summed E-state index contributed by atoms with van der Waals surface area (Å²) in [7, 11) is 1.27. The Bertz CT molecular complexity index is 1280. The van der Waals surface area contributed by atoms with E-state index in [2.05, 4.69) is 37.4 Å². The fraction of sp³-hybridized carbons (Fsp3) is 0.261. The molecule has 1 aliphatic rings. The van der Waals surface area contributed by atoms with Crippen molar-refractivity contribution in [1.82, 2.24) is 19.5 Å². The Labute approximate surface area is 190 Å². The van der Waals surface area contributed by atoms with Crippen LogP contribution in [0.25, 0.3) is 17.0 Å². The number of rotatable bonds is 4. The van der Waals surface area contributed by atoms with Crippen molar-refractivity contribution < 1.29 is 18.8 Å². The summed E-state index contributed by atoms with van der Waals surface area (Å²) >= 11 is 0. The minimum absolute atomic E-state index is 0.304. The Morgan fingerprint density at radius 3 is 2.61 bits per heavy atom. The van der Waals surface area contributed by atoms with Gasteiger partial charge in [-0.2, -0.15) is 4.98 Å². The first-order valence-electron chi connectivity index (χ1n) is 10.5. The van der Waals surface area contributed by atoms with Gasteiger partial charge in [0.25, 0.3) is 5.91 Å². The number of benzene rings is 1. The molecule has 0 radical (unpaired) electrons. The maximum Gasteiger partial charge on any atom is 0.411 e. The highest BCUT2D eigenvalue weighted by molar-refractivity contribution is 6.04. The molecular weight excluding hydrogens is 424 g/mol. The van der Waals surface area contributed by atoms with Gasteiger partial charge < -0.3 is 14.6 Å². The molecule has 10 heteroatoms. The van der Waals surface area contributed by atoms with Gasteiger partial charge in [-0.3, -0.25) is 14.5 Å². The Hall–Kier alpha value is -4.21. The third kappa shape index (κ3) is 5.35. The largest absolute Gasteiger partial charge is 0.453 e. The van der Waals surface area contributed by atoms with Gasteiger partial charge in [-0.25, -0.2) is 9.78 Å². The Balaban J connectivity index is 0.000000586. The van der Waals surface area contributed by atoms with Crippen LogP contribution in [0.5, 0.6) is 0 Å². The van der Waals surface area contributed by atoms with Crippen molar-refractivity contribution in [3.8, 4) is 11.4 Å². The second-order valence-electron chi connectivity index (χ2n) is 7.83. The molecule has 1 aliphatic carbocycles. The van der Waals surface area contributed by atoms with Crippen LogP contribution in [-0.2, 0) is 4.74 Å². The number of ether oxygens (including phenoxy) is 1. The number of carbonyl (C=O) groups is 2. The van der Waals surface area contributed by atoms with Crippen LogP contribution < -0.4 is 10.6 Å². The van der Waals surface area contributed by atoms with Crippen molar-refractivity contribution >= 4 is 29.0 Å². The lowest BCUT2D eigenvalue weighted by atomic mass is 10.1. The molecule has 1 fully saturated rings. The summed E-state index contributed by atoms with van der Waals surface area (Å²) in [5.74, 6) is 1.15. The van der Waals surface area contributed by atoms with Crippen LogP contribution in [-0.4, -0.2) is 38.6 Å². The molecule has 0 bridgehead atoms. The summed E-state index contributed by atoms with van der Waals surface area (Å²) in [5.41, 5.74) is 3.51. The van der Waals surface area contributed by atoms with Crippen LogP contribution in [0.1, 0.15) is 35.8 Å². The molecule has 2 amide bonds. The van der Waals surface area contributed by atoms with E-state index >= 15 is 0 Å². The summed E-state index contributed by atoms with van der Waals surface area (Å²) in [6, 6.07) is 8.82. The van der Waals surface area contributed by atoms with E-state index in [0.717, 1.165) is 11.5 Å². The average Bonchev–Trinajstić information content (AvgIpc) is 3.26. The van der Waals surface area contributed by atoms with E-state index in [9.17, 15) is 9.59 Å². The average molecular weight is 448 g/mol. The van der Waals surface area contributed by atoms with Gasteiger partial charge >= 0.3 is 6.09 Å². The molecule has 3 aromatic heterocycles. The minimum Gasteiger partial charge on any atom is -0.453 e. The Morgan fingerprint density at radius 2 is 1.94 bits per heavy atom. The van der Waals surface area contributed by atoms with Crippen molar-refractivity contribution in [1.29, 1.82) is 0 Å². The van der Waals surface area contributed by atoms with E-state index in [-0.39, 0.29) is 5.91 Å². The third-order valence-corrected chi connectivity index (χ3v) is 5.14. The van der Waals surface area contributed by atoms with Crippen molar-refractivity contribution in [2.45, 2.75) is 26.7 Å². The lowest BCUT2D eigenvalue weighted by Gasteiger charge is -2.10. The molecule has 4 aromatic rings. The van der Waals surface area contributed by atoms with Crippen molar-refractivity contribution in [3.05, 3.63) is 60.4 Å². The molecule has 1 saturated carbocycles. The number of amides is 2. The molecule has 0 spiro atoms. The van der Waals surface area contributed by atoms with Crippen LogP contribution in [0.15, 0.2) is 53.6 Å². The summed E-state index contributed by atoms with van der Waals surface area (Å²) in [4.78, 5) is 32.6. The lowest BCUT2D eigenvalue weighted by molar-refractivity contribution is 0.102. The van der Waals surface area contributed by atoms with E-state index in [1.807, 2.05) is 19.1 Å². The number of imidazole rings is 1. The van der Waals surface area contributed by atoms with Crippen LogP contribution in [0.2, 0.25) is 0 Å². The molecule has 0 aliphatic heterocycles. The fourth-order valence-corrected chi connectivity index (χ4v) is 2.94. The second-order valence-corrected chi connectivity index (χ2v) is 7.83. The molecular formula is C23H24N6O4. The number of pyridine rings is 1. The molecule has 0 unspecified atom stereocenters. The van der Waals surface area contributed by atoms with Gasteiger partial charge in [0.05, 0.1) is 19.0 Å². The number of methoxy groups -OCH3 is 1. The van der Waals surface area contributed by atoms with Crippen LogP contribution in [0.3, 0.4) is 0 Å². The summed E-state index contributed by atoms with van der Waals surface area (Å²) < 4.78 is 10.9. The number of hydrogen-bond donors (Lipinski definition) is 2. The molecule has 10 nitrogen and oxygen atoms in total. The van der Waals surface area contributed by atoms with Crippen molar-refractivity contribution in [3.63, 3.8) is 0 Å². The van der Waals surface area contributed by atoms with Gasteiger partial charge in [-0.1, -0.05) is 37.1 Å². The van der Waals surface area contributed by atoms with Crippen molar-refractivity contribution in [2.75, 3.05) is 17.7 Å². The monoisotopic (exact) mass is 448 g/mol. The minimum atomic E-state index is -0.607. The number of nitrogens with zero attached hydrogens (tertiary/aromatic N) is 4. The predicted molar refractivity (Wildman–Crippen MR) is 122 cm³/mol. The SMILES string of the molecule is CC1CC1.COC(=O)Nc1ccc2ncc(C(=O)Nc3cc(-c4ncon4)ccc3C)n2c1. The standard InChI is InChI=1S/C19H16N6O4.C4H8/c1-11-3-4-12(17-21-10-29-24-17)7-14(11)23-18(26)15-8-20-16-6-5-13(9-25(15)16)22-19(27)28-2;1-4-2-3-4/h3-10H,1-2H3,(H,22,27)(H,23,26);4H,2-3H2,1H3. The maximum atomic E-state index is 12.9. The predicted octanol–water partition coefficient (Wildman–Crippen LogP) is 4.54. The number of fused-ring (bicyclic) bond motifs is 1. The maximum absolute atomic E-state index is 12.9.